The van der Waals surface area contributed by atoms with Crippen LogP contribution in [0.5, 0.6) is 0 Å². The minimum Gasteiger partial charge on any atom is -0.391 e. The van der Waals surface area contributed by atoms with Crippen molar-refractivity contribution in [3.63, 3.8) is 0 Å². The number of aldehydes is 1. The number of nitrogens with one attached hydrogen (secondary N) is 1. The van der Waals surface area contributed by atoms with E-state index < -0.39 is 5.60 Å². The molecule has 3 fully saturated rings. The third-order valence-corrected chi connectivity index (χ3v) is 5.48. The molecule has 3 unspecified atom stereocenters. The van der Waals surface area contributed by atoms with Crippen LogP contribution in [0.25, 0.3) is 0 Å². The van der Waals surface area contributed by atoms with Crippen LogP contribution >= 0.6 is 0 Å². The molecule has 3 rings (SSSR count). The summed E-state index contributed by atoms with van der Waals surface area (Å²) in [7, 11) is 0. The number of fused-ring (bicyclic) bond motifs is 1. The first-order valence-corrected chi connectivity index (χ1v) is 9.34. The summed E-state index contributed by atoms with van der Waals surface area (Å²) in [5, 5.41) is 12.1. The molecule has 2 aliphatic carbocycles. The summed E-state index contributed by atoms with van der Waals surface area (Å²) in [4.78, 5) is 11.3. The maximum Gasteiger partial charge on any atom is 0.137 e. The number of aliphatic hydroxyl groups is 1. The molecule has 3 heteroatoms. The van der Waals surface area contributed by atoms with E-state index in [-0.39, 0.29) is 6.04 Å². The standard InChI is InChI=1S/C15H25NO.C4H10O/c17-10-14-15(11-6-2-1-3-7-11)12-8-4-5-9-13(12)16-14;1-4(2,3)5/h10-16H,1-9H2;5H,1-3H3/t12?,13?,14?,15-;/m0./s1. The normalized spacial score (nSPS) is 36.2. The summed E-state index contributed by atoms with van der Waals surface area (Å²) < 4.78 is 0. The Hall–Kier alpha value is -0.410. The van der Waals surface area contributed by atoms with Crippen molar-refractivity contribution < 1.29 is 9.90 Å². The molecule has 128 valence electrons. The van der Waals surface area contributed by atoms with Gasteiger partial charge in [-0.2, -0.15) is 0 Å². The van der Waals surface area contributed by atoms with Crippen LogP contribution in [0.3, 0.4) is 0 Å². The molecule has 4 atom stereocenters. The lowest BCUT2D eigenvalue weighted by molar-refractivity contribution is -0.110. The average molecular weight is 309 g/mol. The van der Waals surface area contributed by atoms with Gasteiger partial charge in [-0.1, -0.05) is 44.9 Å². The van der Waals surface area contributed by atoms with Crippen molar-refractivity contribution in [2.75, 3.05) is 0 Å². The zero-order valence-electron chi connectivity index (χ0n) is 14.7. The minimum absolute atomic E-state index is 0.172. The van der Waals surface area contributed by atoms with Crippen LogP contribution in [0.1, 0.15) is 78.6 Å². The summed E-state index contributed by atoms with van der Waals surface area (Å²) in [6, 6.07) is 0.831. The third kappa shape index (κ3) is 5.06. The fourth-order valence-corrected chi connectivity index (χ4v) is 4.74. The molecule has 0 amide bonds. The fourth-order valence-electron chi connectivity index (χ4n) is 4.74. The van der Waals surface area contributed by atoms with Crippen LogP contribution in [-0.4, -0.2) is 29.1 Å². The molecule has 0 aromatic rings. The molecule has 2 N–H and O–H groups in total. The second-order valence-electron chi connectivity index (χ2n) is 8.53. The molecular formula is C19H35NO2. The number of carbonyl (C=O) groups is 1. The first kappa shape index (κ1) is 17.9. The highest BCUT2D eigenvalue weighted by atomic mass is 16.3. The molecule has 0 radical (unpaired) electrons. The number of rotatable bonds is 2. The molecule has 1 heterocycles. The van der Waals surface area contributed by atoms with Gasteiger partial charge < -0.3 is 15.2 Å². The molecule has 0 aromatic carbocycles. The maximum absolute atomic E-state index is 11.3. The van der Waals surface area contributed by atoms with E-state index in [1.807, 2.05) is 0 Å². The summed E-state index contributed by atoms with van der Waals surface area (Å²) in [5.41, 5.74) is -0.500. The van der Waals surface area contributed by atoms with Crippen LogP contribution in [-0.2, 0) is 4.79 Å². The minimum atomic E-state index is -0.500. The predicted octanol–water partition coefficient (Wildman–Crippen LogP) is 3.69. The zero-order valence-corrected chi connectivity index (χ0v) is 14.7. The van der Waals surface area contributed by atoms with E-state index in [2.05, 4.69) is 5.32 Å². The van der Waals surface area contributed by atoms with E-state index in [4.69, 9.17) is 5.11 Å². The Morgan fingerprint density at radius 2 is 1.50 bits per heavy atom. The zero-order chi connectivity index (χ0) is 16.2. The van der Waals surface area contributed by atoms with Crippen LogP contribution in [0.4, 0.5) is 0 Å². The number of hydrogen-bond donors (Lipinski definition) is 2. The molecule has 1 saturated heterocycles. The van der Waals surface area contributed by atoms with Crippen molar-refractivity contribution in [3.05, 3.63) is 0 Å². The molecule has 0 bridgehead atoms. The SMILES string of the molecule is CC(C)(C)O.O=CC1NC2CCCCC2[C@@H]1C1CCCCC1. The Labute approximate surface area is 136 Å². The quantitative estimate of drug-likeness (QED) is 0.765. The lowest BCUT2D eigenvalue weighted by atomic mass is 9.68. The summed E-state index contributed by atoms with van der Waals surface area (Å²) in [5.74, 6) is 2.31. The van der Waals surface area contributed by atoms with Crippen molar-refractivity contribution in [2.45, 2.75) is 96.2 Å². The van der Waals surface area contributed by atoms with E-state index in [1.165, 1.54) is 64.1 Å². The Morgan fingerprint density at radius 1 is 0.955 bits per heavy atom. The monoisotopic (exact) mass is 309 g/mol. The Kier molecular flexibility index (Phi) is 6.46. The van der Waals surface area contributed by atoms with E-state index in [0.717, 1.165) is 11.8 Å². The third-order valence-electron chi connectivity index (χ3n) is 5.48. The Bertz CT molecular complexity index is 338. The van der Waals surface area contributed by atoms with E-state index in [0.29, 0.717) is 12.0 Å². The number of hydrogen-bond acceptors (Lipinski definition) is 3. The molecule has 1 aliphatic heterocycles. The summed E-state index contributed by atoms with van der Waals surface area (Å²) in [6.45, 7) is 5.23. The lowest BCUT2D eigenvalue weighted by Crippen LogP contribution is -2.35. The van der Waals surface area contributed by atoms with Crippen molar-refractivity contribution in [1.82, 2.24) is 5.32 Å². The van der Waals surface area contributed by atoms with Gasteiger partial charge in [-0.05, 0) is 51.4 Å². The highest BCUT2D eigenvalue weighted by Gasteiger charge is 2.46. The van der Waals surface area contributed by atoms with Crippen molar-refractivity contribution in [3.8, 4) is 0 Å². The van der Waals surface area contributed by atoms with Gasteiger partial charge in [-0.3, -0.25) is 0 Å². The van der Waals surface area contributed by atoms with Gasteiger partial charge in [0.1, 0.15) is 6.29 Å². The topological polar surface area (TPSA) is 49.3 Å². The first-order valence-electron chi connectivity index (χ1n) is 9.34. The summed E-state index contributed by atoms with van der Waals surface area (Å²) >= 11 is 0. The molecule has 0 spiro atoms. The van der Waals surface area contributed by atoms with Gasteiger partial charge in [0, 0.05) is 6.04 Å². The van der Waals surface area contributed by atoms with Crippen LogP contribution < -0.4 is 5.32 Å². The van der Waals surface area contributed by atoms with Gasteiger partial charge in [-0.25, -0.2) is 0 Å². The van der Waals surface area contributed by atoms with Gasteiger partial charge in [0.2, 0.25) is 0 Å². The molecule has 22 heavy (non-hydrogen) atoms. The predicted molar refractivity (Wildman–Crippen MR) is 90.8 cm³/mol. The second kappa shape index (κ2) is 7.92. The van der Waals surface area contributed by atoms with Crippen molar-refractivity contribution in [1.29, 1.82) is 0 Å². The number of carbonyl (C=O) groups excluding carboxylic acids is 1. The Morgan fingerprint density at radius 3 is 2.09 bits per heavy atom. The van der Waals surface area contributed by atoms with Crippen molar-refractivity contribution >= 4 is 6.29 Å². The maximum atomic E-state index is 11.3. The molecule has 0 aromatic heterocycles. The van der Waals surface area contributed by atoms with Gasteiger partial charge >= 0.3 is 0 Å². The van der Waals surface area contributed by atoms with E-state index in [9.17, 15) is 4.79 Å². The second-order valence-corrected chi connectivity index (χ2v) is 8.53. The molecule has 3 aliphatic rings. The van der Waals surface area contributed by atoms with E-state index >= 15 is 0 Å². The van der Waals surface area contributed by atoms with Gasteiger partial charge in [-0.15, -0.1) is 0 Å². The van der Waals surface area contributed by atoms with Crippen LogP contribution in [0, 0.1) is 17.8 Å². The van der Waals surface area contributed by atoms with Gasteiger partial charge in [0.25, 0.3) is 0 Å². The highest BCUT2D eigenvalue weighted by Crippen LogP contribution is 2.45. The average Bonchev–Trinajstić information content (AvgIpc) is 2.85. The molecule has 2 saturated carbocycles. The van der Waals surface area contributed by atoms with Gasteiger partial charge in [0.05, 0.1) is 11.6 Å². The molecular weight excluding hydrogens is 274 g/mol. The Balaban J connectivity index is 0.000000309. The smallest absolute Gasteiger partial charge is 0.137 e. The fraction of sp³-hybridized carbons (Fsp3) is 0.947. The highest BCUT2D eigenvalue weighted by molar-refractivity contribution is 5.59. The summed E-state index contributed by atoms with van der Waals surface area (Å²) in [6.07, 6.45) is 13.6. The van der Waals surface area contributed by atoms with Crippen molar-refractivity contribution in [2.24, 2.45) is 17.8 Å². The largest absolute Gasteiger partial charge is 0.391 e. The van der Waals surface area contributed by atoms with E-state index in [1.54, 1.807) is 20.8 Å². The first-order chi connectivity index (χ1) is 10.4. The lowest BCUT2D eigenvalue weighted by Gasteiger charge is -2.35. The van der Waals surface area contributed by atoms with Crippen LogP contribution in [0.15, 0.2) is 0 Å². The molecule has 3 nitrogen and oxygen atoms in total. The van der Waals surface area contributed by atoms with Crippen LogP contribution in [0.2, 0.25) is 0 Å². The van der Waals surface area contributed by atoms with Gasteiger partial charge in [0.15, 0.2) is 0 Å².